The van der Waals surface area contributed by atoms with Gasteiger partial charge in [0.25, 0.3) is 0 Å². The molecule has 1 aliphatic heterocycles. The second kappa shape index (κ2) is 6.24. The van der Waals surface area contributed by atoms with Crippen molar-refractivity contribution in [2.45, 2.75) is 25.9 Å². The molecule has 1 fully saturated rings. The topological polar surface area (TPSA) is 33.1 Å². The highest BCUT2D eigenvalue weighted by atomic mass is 19.3. The lowest BCUT2D eigenvalue weighted by Gasteiger charge is -2.29. The largest absolute Gasteiger partial charge is 0.319 e. The van der Waals surface area contributed by atoms with E-state index in [9.17, 15) is 8.78 Å². The summed E-state index contributed by atoms with van der Waals surface area (Å²) < 4.78 is 26.1. The van der Waals surface area contributed by atoms with Crippen LogP contribution in [0.15, 0.2) is 12.4 Å². The van der Waals surface area contributed by atoms with Crippen LogP contribution in [0.3, 0.4) is 0 Å². The molecule has 0 bridgehead atoms. The average molecular weight is 258 g/mol. The van der Waals surface area contributed by atoms with E-state index in [4.69, 9.17) is 0 Å². The Labute approximate surface area is 106 Å². The number of aromatic nitrogens is 2. The summed E-state index contributed by atoms with van der Waals surface area (Å²) in [6.07, 6.45) is 5.16. The number of hydrogen-bond donors (Lipinski definition) is 1. The lowest BCUT2D eigenvalue weighted by Crippen LogP contribution is -2.37. The van der Waals surface area contributed by atoms with Crippen LogP contribution in [0.4, 0.5) is 8.78 Å². The molecule has 1 N–H and O–H groups in total. The van der Waals surface area contributed by atoms with Crippen molar-refractivity contribution < 1.29 is 8.78 Å². The lowest BCUT2D eigenvalue weighted by atomic mass is 9.98. The SMILES string of the molecule is CN1CCCC(CNCc2nccn2C(F)F)C1. The number of imidazole rings is 1. The van der Waals surface area contributed by atoms with E-state index in [1.54, 1.807) is 0 Å². The van der Waals surface area contributed by atoms with Crippen LogP contribution in [0.2, 0.25) is 0 Å². The molecule has 1 saturated heterocycles. The molecule has 1 aliphatic rings. The second-order valence-electron chi connectivity index (χ2n) is 4.93. The molecule has 1 aromatic heterocycles. The minimum absolute atomic E-state index is 0.397. The maximum absolute atomic E-state index is 12.6. The molecule has 1 aromatic rings. The lowest BCUT2D eigenvalue weighted by molar-refractivity contribution is 0.0665. The number of halogens is 2. The Morgan fingerprint density at radius 3 is 3.11 bits per heavy atom. The smallest absolute Gasteiger partial charge is 0.310 e. The summed E-state index contributed by atoms with van der Waals surface area (Å²) in [5.74, 6) is 1.01. The molecule has 0 spiro atoms. The number of piperidine rings is 1. The minimum atomic E-state index is -2.51. The molecule has 18 heavy (non-hydrogen) atoms. The maximum Gasteiger partial charge on any atom is 0.319 e. The molecule has 0 radical (unpaired) electrons. The number of rotatable bonds is 5. The highest BCUT2D eigenvalue weighted by Crippen LogP contribution is 2.15. The van der Waals surface area contributed by atoms with Crippen molar-refractivity contribution in [3.8, 4) is 0 Å². The third-order valence-corrected chi connectivity index (χ3v) is 3.40. The van der Waals surface area contributed by atoms with Gasteiger partial charge in [-0.25, -0.2) is 4.98 Å². The fourth-order valence-corrected chi connectivity index (χ4v) is 2.49. The maximum atomic E-state index is 12.6. The van der Waals surface area contributed by atoms with E-state index in [1.807, 2.05) is 0 Å². The van der Waals surface area contributed by atoms with Gasteiger partial charge < -0.3 is 10.2 Å². The molecule has 0 saturated carbocycles. The van der Waals surface area contributed by atoms with Gasteiger partial charge in [0.15, 0.2) is 0 Å². The van der Waals surface area contributed by atoms with Gasteiger partial charge in [-0.1, -0.05) is 0 Å². The van der Waals surface area contributed by atoms with Gasteiger partial charge in [-0.2, -0.15) is 8.78 Å². The van der Waals surface area contributed by atoms with Crippen LogP contribution in [0.1, 0.15) is 25.2 Å². The normalized spacial score (nSPS) is 21.7. The van der Waals surface area contributed by atoms with Gasteiger partial charge >= 0.3 is 6.55 Å². The number of likely N-dealkylation sites (tertiary alicyclic amines) is 1. The average Bonchev–Trinajstić information content (AvgIpc) is 2.77. The van der Waals surface area contributed by atoms with Crippen molar-refractivity contribution in [2.24, 2.45) is 5.92 Å². The zero-order valence-corrected chi connectivity index (χ0v) is 10.6. The van der Waals surface area contributed by atoms with E-state index in [0.717, 1.165) is 24.2 Å². The fraction of sp³-hybridized carbons (Fsp3) is 0.750. The molecular formula is C12H20F2N4. The van der Waals surface area contributed by atoms with Crippen molar-refractivity contribution in [2.75, 3.05) is 26.7 Å². The summed E-state index contributed by atoms with van der Waals surface area (Å²) in [6, 6.07) is 0. The summed E-state index contributed by atoms with van der Waals surface area (Å²) in [5.41, 5.74) is 0. The molecule has 0 aromatic carbocycles. The Morgan fingerprint density at radius 2 is 2.39 bits per heavy atom. The molecular weight excluding hydrogens is 238 g/mol. The Bertz CT molecular complexity index is 367. The van der Waals surface area contributed by atoms with Crippen LogP contribution in [0.5, 0.6) is 0 Å². The van der Waals surface area contributed by atoms with Gasteiger partial charge in [-0.05, 0) is 38.9 Å². The Balaban J connectivity index is 1.76. The molecule has 1 atom stereocenters. The Hall–Kier alpha value is -1.01. The fourth-order valence-electron chi connectivity index (χ4n) is 2.49. The first-order valence-electron chi connectivity index (χ1n) is 6.36. The number of nitrogens with one attached hydrogen (secondary N) is 1. The zero-order chi connectivity index (χ0) is 13.0. The van der Waals surface area contributed by atoms with E-state index < -0.39 is 6.55 Å². The predicted octanol–water partition coefficient (Wildman–Crippen LogP) is 1.71. The molecule has 1 unspecified atom stereocenters. The Morgan fingerprint density at radius 1 is 1.56 bits per heavy atom. The molecule has 6 heteroatoms. The quantitative estimate of drug-likeness (QED) is 0.873. The van der Waals surface area contributed by atoms with Crippen LogP contribution in [0, 0.1) is 5.92 Å². The highest BCUT2D eigenvalue weighted by molar-refractivity contribution is 4.92. The third kappa shape index (κ3) is 3.49. The van der Waals surface area contributed by atoms with E-state index in [-0.39, 0.29) is 0 Å². The first-order valence-corrected chi connectivity index (χ1v) is 6.36. The molecule has 0 amide bonds. The van der Waals surface area contributed by atoms with Crippen LogP contribution in [0.25, 0.3) is 0 Å². The highest BCUT2D eigenvalue weighted by Gasteiger charge is 2.17. The van der Waals surface area contributed by atoms with Crippen LogP contribution in [-0.2, 0) is 6.54 Å². The number of hydrogen-bond acceptors (Lipinski definition) is 3. The van der Waals surface area contributed by atoms with E-state index in [1.165, 1.54) is 25.2 Å². The number of nitrogens with zero attached hydrogens (tertiary/aromatic N) is 3. The summed E-state index contributed by atoms with van der Waals surface area (Å²) in [6.45, 7) is 0.991. The van der Waals surface area contributed by atoms with Crippen LogP contribution < -0.4 is 5.32 Å². The first-order chi connectivity index (χ1) is 8.66. The molecule has 0 aliphatic carbocycles. The summed E-state index contributed by atoms with van der Waals surface area (Å²) in [7, 11) is 2.12. The van der Waals surface area contributed by atoms with Gasteiger partial charge in [0.05, 0.1) is 6.54 Å². The van der Waals surface area contributed by atoms with Crippen LogP contribution in [-0.4, -0.2) is 41.1 Å². The Kier molecular flexibility index (Phi) is 4.66. The van der Waals surface area contributed by atoms with Gasteiger partial charge in [0, 0.05) is 18.9 Å². The van der Waals surface area contributed by atoms with Crippen molar-refractivity contribution in [3.63, 3.8) is 0 Å². The van der Waals surface area contributed by atoms with E-state index >= 15 is 0 Å². The first kappa shape index (κ1) is 13.4. The molecule has 4 nitrogen and oxygen atoms in total. The predicted molar refractivity (Wildman–Crippen MR) is 65.4 cm³/mol. The van der Waals surface area contributed by atoms with E-state index in [0.29, 0.717) is 18.3 Å². The van der Waals surface area contributed by atoms with Gasteiger partial charge in [-0.3, -0.25) is 4.57 Å². The van der Waals surface area contributed by atoms with Crippen LogP contribution >= 0.6 is 0 Å². The zero-order valence-electron chi connectivity index (χ0n) is 10.6. The number of alkyl halides is 2. The van der Waals surface area contributed by atoms with Gasteiger partial charge in [0.1, 0.15) is 5.82 Å². The summed E-state index contributed by atoms with van der Waals surface area (Å²) in [5, 5.41) is 3.23. The molecule has 102 valence electrons. The van der Waals surface area contributed by atoms with Gasteiger partial charge in [0.2, 0.25) is 0 Å². The standard InChI is InChI=1S/C12H20F2N4/c1-17-5-2-3-10(9-17)7-15-8-11-16-4-6-18(11)12(13)14/h4,6,10,12,15H,2-3,5,7-9H2,1H3. The van der Waals surface area contributed by atoms with Crippen molar-refractivity contribution in [3.05, 3.63) is 18.2 Å². The monoisotopic (exact) mass is 258 g/mol. The van der Waals surface area contributed by atoms with Crippen molar-refractivity contribution in [1.29, 1.82) is 0 Å². The van der Waals surface area contributed by atoms with E-state index in [2.05, 4.69) is 22.2 Å². The third-order valence-electron chi connectivity index (χ3n) is 3.40. The van der Waals surface area contributed by atoms with Crippen molar-refractivity contribution >= 4 is 0 Å². The summed E-state index contributed by atoms with van der Waals surface area (Å²) in [4.78, 5) is 6.26. The molecule has 2 heterocycles. The summed E-state index contributed by atoms with van der Waals surface area (Å²) >= 11 is 0. The van der Waals surface area contributed by atoms with Gasteiger partial charge in [-0.15, -0.1) is 0 Å². The second-order valence-corrected chi connectivity index (χ2v) is 4.93. The minimum Gasteiger partial charge on any atom is -0.310 e. The van der Waals surface area contributed by atoms with Crippen molar-refractivity contribution in [1.82, 2.24) is 19.8 Å². The molecule has 2 rings (SSSR count).